The van der Waals surface area contributed by atoms with Crippen LogP contribution in [-0.4, -0.2) is 32.2 Å². The average molecular weight is 375 g/mol. The van der Waals surface area contributed by atoms with Gasteiger partial charge in [-0.2, -0.15) is 0 Å². The van der Waals surface area contributed by atoms with Crippen LogP contribution in [-0.2, 0) is 4.79 Å². The smallest absolute Gasteiger partial charge is 0.433 e. The van der Waals surface area contributed by atoms with Crippen molar-refractivity contribution < 1.29 is 29.1 Å². The molecule has 132 valence electrons. The van der Waals surface area contributed by atoms with Crippen LogP contribution in [0.3, 0.4) is 0 Å². The van der Waals surface area contributed by atoms with Crippen molar-refractivity contribution in [3.63, 3.8) is 0 Å². The Morgan fingerprint density at radius 2 is 2.12 bits per heavy atom. The Hall–Kier alpha value is -3.60. The van der Waals surface area contributed by atoms with Gasteiger partial charge in [0.25, 0.3) is 5.91 Å². The minimum atomic E-state index is -1.31. The molecule has 10 nitrogen and oxygen atoms in total. The van der Waals surface area contributed by atoms with Gasteiger partial charge < -0.3 is 19.9 Å². The van der Waals surface area contributed by atoms with Gasteiger partial charge in [0.2, 0.25) is 0 Å². The van der Waals surface area contributed by atoms with Crippen molar-refractivity contribution in [1.82, 2.24) is 5.32 Å². The highest BCUT2D eigenvalue weighted by atomic mass is 32.2. The summed E-state index contributed by atoms with van der Waals surface area (Å²) >= 11 is 0.955. The van der Waals surface area contributed by atoms with Crippen LogP contribution in [0.15, 0.2) is 44.6 Å². The molecular formula is C15H9N3O7S. The van der Waals surface area contributed by atoms with Gasteiger partial charge in [-0.15, -0.1) is 0 Å². The number of benzene rings is 1. The number of aliphatic imine (C=N–C) groups is 1. The number of aromatic hydroxyl groups is 1. The number of phenols is 1. The lowest BCUT2D eigenvalue weighted by atomic mass is 10.2. The van der Waals surface area contributed by atoms with Crippen LogP contribution >= 0.6 is 11.8 Å². The molecule has 2 aromatic rings. The van der Waals surface area contributed by atoms with Crippen LogP contribution in [0.4, 0.5) is 11.6 Å². The minimum Gasteiger partial charge on any atom is -0.507 e. The summed E-state index contributed by atoms with van der Waals surface area (Å²) in [7, 11) is 0. The molecule has 1 aliphatic rings. The molecule has 1 aromatic carbocycles. The lowest BCUT2D eigenvalue weighted by molar-refractivity contribution is -0.402. The number of hydrogen-bond donors (Lipinski definition) is 3. The van der Waals surface area contributed by atoms with Crippen LogP contribution in [0.1, 0.15) is 16.1 Å². The summed E-state index contributed by atoms with van der Waals surface area (Å²) < 4.78 is 4.96. The molecule has 26 heavy (non-hydrogen) atoms. The van der Waals surface area contributed by atoms with E-state index < -0.39 is 28.4 Å². The Labute approximate surface area is 149 Å². The van der Waals surface area contributed by atoms with Crippen LogP contribution in [0, 0.1) is 10.1 Å². The molecular weight excluding hydrogens is 366 g/mol. The number of carbonyl (C=O) groups excluding carboxylic acids is 1. The normalized spacial score (nSPS) is 16.8. The number of rotatable bonds is 4. The van der Waals surface area contributed by atoms with E-state index in [0.29, 0.717) is 0 Å². The fourth-order valence-corrected chi connectivity index (χ4v) is 2.83. The van der Waals surface area contributed by atoms with E-state index >= 15 is 0 Å². The number of amides is 1. The van der Waals surface area contributed by atoms with Crippen LogP contribution in [0.2, 0.25) is 0 Å². The van der Waals surface area contributed by atoms with Crippen molar-refractivity contribution in [2.45, 2.75) is 0 Å². The molecule has 11 heteroatoms. The maximum Gasteiger partial charge on any atom is 0.433 e. The Bertz CT molecular complexity index is 993. The zero-order valence-electron chi connectivity index (χ0n) is 12.7. The van der Waals surface area contributed by atoms with Crippen molar-refractivity contribution in [3.8, 4) is 5.75 Å². The first-order chi connectivity index (χ1) is 12.3. The van der Waals surface area contributed by atoms with E-state index in [1.807, 2.05) is 0 Å². The third-order valence-corrected chi connectivity index (χ3v) is 4.07. The summed E-state index contributed by atoms with van der Waals surface area (Å²) in [6.07, 6.45) is 1.33. The molecule has 1 aliphatic heterocycles. The first-order valence-corrected chi connectivity index (χ1v) is 7.75. The Morgan fingerprint density at radius 1 is 1.35 bits per heavy atom. The van der Waals surface area contributed by atoms with Gasteiger partial charge in [-0.25, -0.2) is 9.79 Å². The van der Waals surface area contributed by atoms with Gasteiger partial charge in [0.1, 0.15) is 22.0 Å². The number of nitro groups is 1. The second kappa shape index (κ2) is 6.72. The number of hydrogen-bond acceptors (Lipinski definition) is 8. The van der Waals surface area contributed by atoms with Gasteiger partial charge in [0, 0.05) is 6.08 Å². The standard InChI is InChI=1S/C15H9N3O7S/c19-10-3-1-7(5-9(10)14(21)22)16-15-17-13(20)11(26-15)6-8-2-4-12(25-8)18(23)24/h1-6,19H,(H,21,22)(H,16,17,20)/b11-6-. The fourth-order valence-electron chi connectivity index (χ4n) is 2.01. The van der Waals surface area contributed by atoms with E-state index in [1.54, 1.807) is 0 Å². The van der Waals surface area contributed by atoms with E-state index in [2.05, 4.69) is 10.3 Å². The van der Waals surface area contributed by atoms with E-state index in [-0.39, 0.29) is 27.1 Å². The van der Waals surface area contributed by atoms with Gasteiger partial charge in [-0.05, 0) is 36.0 Å². The molecule has 2 heterocycles. The number of aromatic carboxylic acids is 1. The highest BCUT2D eigenvalue weighted by Gasteiger charge is 2.25. The number of nitrogens with zero attached hydrogens (tertiary/aromatic N) is 2. The maximum absolute atomic E-state index is 12.0. The zero-order chi connectivity index (χ0) is 18.8. The van der Waals surface area contributed by atoms with Gasteiger partial charge in [-0.3, -0.25) is 14.9 Å². The first kappa shape index (κ1) is 17.2. The molecule has 0 aliphatic carbocycles. The summed E-state index contributed by atoms with van der Waals surface area (Å²) in [5, 5.41) is 31.7. The highest BCUT2D eigenvalue weighted by Crippen LogP contribution is 2.30. The number of carboxylic acids is 1. The molecule has 3 rings (SSSR count). The van der Waals surface area contributed by atoms with Gasteiger partial charge in [0.05, 0.1) is 16.7 Å². The van der Waals surface area contributed by atoms with Crippen molar-refractivity contribution in [2.75, 3.05) is 0 Å². The second-order valence-corrected chi connectivity index (χ2v) is 5.95. The molecule has 0 radical (unpaired) electrons. The molecule has 0 spiro atoms. The number of nitrogens with one attached hydrogen (secondary N) is 1. The molecule has 1 saturated heterocycles. The van der Waals surface area contributed by atoms with Gasteiger partial charge in [0.15, 0.2) is 5.17 Å². The quantitative estimate of drug-likeness (QED) is 0.418. The first-order valence-electron chi connectivity index (χ1n) is 6.93. The molecule has 1 aromatic heterocycles. The van der Waals surface area contributed by atoms with Crippen molar-refractivity contribution in [3.05, 3.63) is 56.7 Å². The SMILES string of the molecule is O=C1NC(=Nc2ccc(O)c(C(=O)O)c2)S/C1=C\c1ccc([N+](=O)[O-])o1. The fraction of sp³-hybridized carbons (Fsp3) is 0. The molecule has 3 N–H and O–H groups in total. The third-order valence-electron chi connectivity index (χ3n) is 3.16. The lowest BCUT2D eigenvalue weighted by Crippen LogP contribution is -2.19. The monoisotopic (exact) mass is 375 g/mol. The summed E-state index contributed by atoms with van der Waals surface area (Å²) in [6.45, 7) is 0. The number of amidine groups is 1. The van der Waals surface area contributed by atoms with Gasteiger partial charge >= 0.3 is 11.9 Å². The second-order valence-electron chi connectivity index (χ2n) is 4.92. The molecule has 0 unspecified atom stereocenters. The minimum absolute atomic E-state index is 0.133. The number of carbonyl (C=O) groups is 2. The Kier molecular flexibility index (Phi) is 4.45. The Morgan fingerprint density at radius 3 is 2.77 bits per heavy atom. The number of furan rings is 1. The third kappa shape index (κ3) is 3.57. The molecule has 0 atom stereocenters. The van der Waals surface area contributed by atoms with Crippen LogP contribution in [0.25, 0.3) is 6.08 Å². The molecule has 1 fully saturated rings. The van der Waals surface area contributed by atoms with E-state index in [0.717, 1.165) is 17.8 Å². The van der Waals surface area contributed by atoms with Gasteiger partial charge in [-0.1, -0.05) is 0 Å². The molecule has 0 bridgehead atoms. The van der Waals surface area contributed by atoms with Crippen molar-refractivity contribution >= 4 is 46.5 Å². The summed E-state index contributed by atoms with van der Waals surface area (Å²) in [5.41, 5.74) is -0.0993. The largest absolute Gasteiger partial charge is 0.507 e. The average Bonchev–Trinajstić information content (AvgIpc) is 3.17. The van der Waals surface area contributed by atoms with E-state index in [4.69, 9.17) is 9.52 Å². The summed E-state index contributed by atoms with van der Waals surface area (Å²) in [5.74, 6) is -2.50. The predicted molar refractivity (Wildman–Crippen MR) is 91.2 cm³/mol. The summed E-state index contributed by atoms with van der Waals surface area (Å²) in [4.78, 5) is 37.2. The zero-order valence-corrected chi connectivity index (χ0v) is 13.5. The van der Waals surface area contributed by atoms with Crippen LogP contribution < -0.4 is 5.32 Å². The molecule has 1 amide bonds. The number of carboxylic acid groups (broad SMARTS) is 1. The van der Waals surface area contributed by atoms with E-state index in [1.165, 1.54) is 30.3 Å². The Balaban J connectivity index is 1.84. The van der Waals surface area contributed by atoms with Crippen molar-refractivity contribution in [2.24, 2.45) is 4.99 Å². The maximum atomic E-state index is 12.0. The van der Waals surface area contributed by atoms with E-state index in [9.17, 15) is 24.8 Å². The molecule has 0 saturated carbocycles. The highest BCUT2D eigenvalue weighted by molar-refractivity contribution is 8.18. The van der Waals surface area contributed by atoms with Crippen molar-refractivity contribution in [1.29, 1.82) is 0 Å². The predicted octanol–water partition coefficient (Wildman–Crippen LogP) is 2.48. The lowest BCUT2D eigenvalue weighted by Gasteiger charge is -2.01. The summed E-state index contributed by atoms with van der Waals surface area (Å²) in [6, 6.07) is 6.26. The van der Waals surface area contributed by atoms with Crippen LogP contribution in [0.5, 0.6) is 5.75 Å². The topological polar surface area (TPSA) is 155 Å². The number of thioether (sulfide) groups is 1.